The summed E-state index contributed by atoms with van der Waals surface area (Å²) < 4.78 is 0. The largest absolute Gasteiger partial charge is 0.399 e. The van der Waals surface area contributed by atoms with Gasteiger partial charge in [0.25, 0.3) is 0 Å². The highest BCUT2D eigenvalue weighted by molar-refractivity contribution is 5.55. The molecule has 0 saturated heterocycles. The van der Waals surface area contributed by atoms with E-state index >= 15 is 0 Å². The third kappa shape index (κ3) is 3.07. The van der Waals surface area contributed by atoms with Crippen molar-refractivity contribution < 1.29 is 0 Å². The molecule has 0 spiro atoms. The van der Waals surface area contributed by atoms with Gasteiger partial charge in [0.1, 0.15) is 11.9 Å². The fraction of sp³-hybridized carbons (Fsp3) is 0.250. The van der Waals surface area contributed by atoms with Gasteiger partial charge < -0.3 is 10.6 Å². The van der Waals surface area contributed by atoms with Gasteiger partial charge in [-0.2, -0.15) is 5.26 Å². The van der Waals surface area contributed by atoms with E-state index in [9.17, 15) is 5.26 Å². The molecule has 0 aliphatic heterocycles. The zero-order valence-corrected chi connectivity index (χ0v) is 11.8. The molecule has 0 amide bonds. The van der Waals surface area contributed by atoms with E-state index in [1.807, 2.05) is 43.3 Å². The van der Waals surface area contributed by atoms with E-state index in [0.717, 1.165) is 29.3 Å². The number of benzene rings is 1. The Morgan fingerprint density at radius 2 is 2.10 bits per heavy atom. The predicted octanol–water partition coefficient (Wildman–Crippen LogP) is 2.87. The first-order chi connectivity index (χ1) is 9.63. The van der Waals surface area contributed by atoms with Gasteiger partial charge in [0.2, 0.25) is 0 Å². The molecule has 0 bridgehead atoms. The lowest BCUT2D eigenvalue weighted by Crippen LogP contribution is -2.24. The molecule has 102 valence electrons. The van der Waals surface area contributed by atoms with Gasteiger partial charge in [0.15, 0.2) is 0 Å². The predicted molar refractivity (Wildman–Crippen MR) is 81.3 cm³/mol. The molecule has 4 heteroatoms. The van der Waals surface area contributed by atoms with Crippen LogP contribution in [0.25, 0.3) is 0 Å². The van der Waals surface area contributed by atoms with Gasteiger partial charge in [-0.05, 0) is 43.7 Å². The van der Waals surface area contributed by atoms with Crippen molar-refractivity contribution in [2.75, 3.05) is 17.2 Å². The maximum atomic E-state index is 9.23. The molecule has 4 nitrogen and oxygen atoms in total. The first kappa shape index (κ1) is 13.9. The molecule has 20 heavy (non-hydrogen) atoms. The number of nitrogens with zero attached hydrogens (tertiary/aromatic N) is 3. The topological polar surface area (TPSA) is 65.9 Å². The Labute approximate surface area is 119 Å². The van der Waals surface area contributed by atoms with Crippen molar-refractivity contribution in [3.8, 4) is 6.07 Å². The Morgan fingerprint density at radius 3 is 2.75 bits per heavy atom. The van der Waals surface area contributed by atoms with Crippen LogP contribution in [0.1, 0.15) is 23.7 Å². The minimum atomic E-state index is 0.598. The van der Waals surface area contributed by atoms with Gasteiger partial charge in [-0.15, -0.1) is 0 Å². The third-order valence-electron chi connectivity index (χ3n) is 3.14. The van der Waals surface area contributed by atoms with Crippen molar-refractivity contribution in [2.45, 2.75) is 20.4 Å². The van der Waals surface area contributed by atoms with E-state index in [1.165, 1.54) is 0 Å². The van der Waals surface area contributed by atoms with Crippen molar-refractivity contribution in [3.05, 3.63) is 53.2 Å². The molecule has 1 heterocycles. The van der Waals surface area contributed by atoms with Crippen LogP contribution in [0.5, 0.6) is 0 Å². The van der Waals surface area contributed by atoms with Crippen molar-refractivity contribution in [1.29, 1.82) is 5.26 Å². The number of nitrogen functional groups attached to an aromatic ring is 1. The number of rotatable bonds is 4. The summed E-state index contributed by atoms with van der Waals surface area (Å²) in [6, 6.07) is 13.7. The Morgan fingerprint density at radius 1 is 1.30 bits per heavy atom. The van der Waals surface area contributed by atoms with Crippen LogP contribution in [0.3, 0.4) is 0 Å². The molecule has 0 saturated carbocycles. The fourth-order valence-electron chi connectivity index (χ4n) is 2.12. The Hall–Kier alpha value is -2.54. The average molecular weight is 266 g/mol. The zero-order chi connectivity index (χ0) is 14.5. The summed E-state index contributed by atoms with van der Waals surface area (Å²) >= 11 is 0. The summed E-state index contributed by atoms with van der Waals surface area (Å²) in [5, 5.41) is 9.23. The fourth-order valence-corrected chi connectivity index (χ4v) is 2.12. The van der Waals surface area contributed by atoms with E-state index in [1.54, 1.807) is 0 Å². The quantitative estimate of drug-likeness (QED) is 0.864. The van der Waals surface area contributed by atoms with Gasteiger partial charge in [-0.1, -0.05) is 12.1 Å². The highest BCUT2D eigenvalue weighted by atomic mass is 15.2. The normalized spacial score (nSPS) is 10.1. The maximum absolute atomic E-state index is 9.23. The lowest BCUT2D eigenvalue weighted by Gasteiger charge is -2.23. The van der Waals surface area contributed by atoms with Crippen LogP contribution in [0.4, 0.5) is 11.5 Å². The number of nitriles is 1. The monoisotopic (exact) mass is 266 g/mol. The number of aryl methyl sites for hydroxylation is 1. The standard InChI is InChI=1S/C16H18N4/c1-3-20(11-13-5-4-6-15(18)9-13)16-14(10-17)8-7-12(2)19-16/h4-9H,3,11,18H2,1-2H3. The van der Waals surface area contributed by atoms with Gasteiger partial charge in [-0.3, -0.25) is 0 Å². The molecule has 0 radical (unpaired) electrons. The van der Waals surface area contributed by atoms with E-state index in [2.05, 4.69) is 22.9 Å². The number of aromatic nitrogens is 1. The molecule has 0 unspecified atom stereocenters. The summed E-state index contributed by atoms with van der Waals surface area (Å²) in [7, 11) is 0. The number of pyridine rings is 1. The number of hydrogen-bond acceptors (Lipinski definition) is 4. The van der Waals surface area contributed by atoms with Gasteiger partial charge >= 0.3 is 0 Å². The molecule has 1 aromatic heterocycles. The van der Waals surface area contributed by atoms with Crippen molar-refractivity contribution in [1.82, 2.24) is 4.98 Å². The lowest BCUT2D eigenvalue weighted by atomic mass is 10.1. The van der Waals surface area contributed by atoms with Crippen molar-refractivity contribution >= 4 is 11.5 Å². The SMILES string of the molecule is CCN(Cc1cccc(N)c1)c1nc(C)ccc1C#N. The third-order valence-corrected chi connectivity index (χ3v) is 3.14. The molecule has 2 rings (SSSR count). The maximum Gasteiger partial charge on any atom is 0.147 e. The number of nitrogens with two attached hydrogens (primary N) is 1. The molecule has 0 atom stereocenters. The highest BCUT2D eigenvalue weighted by Crippen LogP contribution is 2.20. The Bertz CT molecular complexity index is 643. The van der Waals surface area contributed by atoms with E-state index in [4.69, 9.17) is 5.73 Å². The van der Waals surface area contributed by atoms with Crippen LogP contribution in [0.15, 0.2) is 36.4 Å². The molecular weight excluding hydrogens is 248 g/mol. The van der Waals surface area contributed by atoms with Gasteiger partial charge in [-0.25, -0.2) is 4.98 Å². The second kappa shape index (κ2) is 6.07. The van der Waals surface area contributed by atoms with Gasteiger partial charge in [0.05, 0.1) is 5.56 Å². The molecule has 2 N–H and O–H groups in total. The molecule has 2 aromatic rings. The van der Waals surface area contributed by atoms with Crippen LogP contribution in [0.2, 0.25) is 0 Å². The lowest BCUT2D eigenvalue weighted by molar-refractivity contribution is 0.809. The highest BCUT2D eigenvalue weighted by Gasteiger charge is 2.12. The van der Waals surface area contributed by atoms with Crippen LogP contribution >= 0.6 is 0 Å². The van der Waals surface area contributed by atoms with Crippen LogP contribution < -0.4 is 10.6 Å². The van der Waals surface area contributed by atoms with Crippen LogP contribution in [0, 0.1) is 18.3 Å². The van der Waals surface area contributed by atoms with Crippen molar-refractivity contribution in [3.63, 3.8) is 0 Å². The van der Waals surface area contributed by atoms with E-state index in [0.29, 0.717) is 12.1 Å². The van der Waals surface area contributed by atoms with Crippen molar-refractivity contribution in [2.24, 2.45) is 0 Å². The molecule has 0 aliphatic rings. The van der Waals surface area contributed by atoms with Crippen LogP contribution in [-0.2, 0) is 6.54 Å². The number of hydrogen-bond donors (Lipinski definition) is 1. The zero-order valence-electron chi connectivity index (χ0n) is 11.8. The molecular formula is C16H18N4. The van der Waals surface area contributed by atoms with E-state index in [-0.39, 0.29) is 0 Å². The number of anilines is 2. The second-order valence-corrected chi connectivity index (χ2v) is 4.69. The van der Waals surface area contributed by atoms with E-state index < -0.39 is 0 Å². The Balaban J connectivity index is 2.33. The Kier molecular flexibility index (Phi) is 4.21. The van der Waals surface area contributed by atoms with Gasteiger partial charge in [0, 0.05) is 24.5 Å². The summed E-state index contributed by atoms with van der Waals surface area (Å²) in [6.45, 7) is 5.45. The average Bonchev–Trinajstić information content (AvgIpc) is 2.45. The minimum Gasteiger partial charge on any atom is -0.399 e. The van der Waals surface area contributed by atoms with Crippen LogP contribution in [-0.4, -0.2) is 11.5 Å². The smallest absolute Gasteiger partial charge is 0.147 e. The minimum absolute atomic E-state index is 0.598. The molecule has 1 aromatic carbocycles. The molecule has 0 aliphatic carbocycles. The summed E-state index contributed by atoms with van der Waals surface area (Å²) in [6.07, 6.45) is 0. The summed E-state index contributed by atoms with van der Waals surface area (Å²) in [5.41, 5.74) is 9.17. The first-order valence-electron chi connectivity index (χ1n) is 6.61. The first-order valence-corrected chi connectivity index (χ1v) is 6.61. The summed E-state index contributed by atoms with van der Waals surface area (Å²) in [4.78, 5) is 6.59. The second-order valence-electron chi connectivity index (χ2n) is 4.69. The molecule has 0 fully saturated rings. The summed E-state index contributed by atoms with van der Waals surface area (Å²) in [5.74, 6) is 0.734.